The van der Waals surface area contributed by atoms with Gasteiger partial charge in [-0.3, -0.25) is 14.7 Å². The van der Waals surface area contributed by atoms with Crippen LogP contribution in [0.2, 0.25) is 0 Å². The molecular formula is C16H23N3O. The first-order valence-electron chi connectivity index (χ1n) is 7.74. The Morgan fingerprint density at radius 3 is 3.00 bits per heavy atom. The lowest BCUT2D eigenvalue weighted by atomic mass is 10.1. The molecule has 4 nitrogen and oxygen atoms in total. The van der Waals surface area contributed by atoms with E-state index in [1.807, 2.05) is 18.3 Å². The van der Waals surface area contributed by atoms with E-state index < -0.39 is 0 Å². The molecule has 0 spiro atoms. The molecule has 2 fully saturated rings. The van der Waals surface area contributed by atoms with Crippen LogP contribution in [-0.4, -0.2) is 41.0 Å². The van der Waals surface area contributed by atoms with Crippen molar-refractivity contribution in [2.45, 2.75) is 50.6 Å². The number of nitrogens with zero attached hydrogens (tertiary/aromatic N) is 2. The molecule has 1 aromatic rings. The van der Waals surface area contributed by atoms with E-state index in [2.05, 4.69) is 21.3 Å². The van der Waals surface area contributed by atoms with E-state index in [0.717, 1.165) is 37.9 Å². The summed E-state index contributed by atoms with van der Waals surface area (Å²) in [5, 5.41) is 3.08. The molecule has 1 saturated heterocycles. The summed E-state index contributed by atoms with van der Waals surface area (Å²) < 4.78 is 0. The van der Waals surface area contributed by atoms with Crippen molar-refractivity contribution in [2.75, 3.05) is 13.1 Å². The Kier molecular flexibility index (Phi) is 4.31. The molecule has 1 atom stereocenters. The third-order valence-corrected chi connectivity index (χ3v) is 4.25. The molecule has 1 amide bonds. The largest absolute Gasteiger partial charge is 0.352 e. The quantitative estimate of drug-likeness (QED) is 0.859. The van der Waals surface area contributed by atoms with Crippen molar-refractivity contribution in [2.24, 2.45) is 0 Å². The van der Waals surface area contributed by atoms with Crippen molar-refractivity contribution in [3.8, 4) is 0 Å². The monoisotopic (exact) mass is 273 g/mol. The number of pyridine rings is 1. The topological polar surface area (TPSA) is 45.2 Å². The van der Waals surface area contributed by atoms with E-state index in [1.54, 1.807) is 0 Å². The molecule has 20 heavy (non-hydrogen) atoms. The number of aromatic nitrogens is 1. The van der Waals surface area contributed by atoms with Gasteiger partial charge in [-0.2, -0.15) is 0 Å². The Morgan fingerprint density at radius 2 is 2.25 bits per heavy atom. The van der Waals surface area contributed by atoms with E-state index in [-0.39, 0.29) is 5.91 Å². The molecule has 1 aliphatic heterocycles. The van der Waals surface area contributed by atoms with Crippen LogP contribution >= 0.6 is 0 Å². The van der Waals surface area contributed by atoms with E-state index in [0.29, 0.717) is 18.6 Å². The number of carbonyl (C=O) groups is 1. The first-order chi connectivity index (χ1) is 9.81. The standard InChI is InChI=1S/C16H23N3O/c20-16(18-14-6-7-14)12-19-11-3-5-15(19)9-8-13-4-1-2-10-17-13/h1-2,4,10,14-15H,3,5-9,11-12H2,(H,18,20)/t15-/m0/s1. The molecule has 2 aliphatic rings. The van der Waals surface area contributed by atoms with Gasteiger partial charge in [0.25, 0.3) is 0 Å². The van der Waals surface area contributed by atoms with Crippen LogP contribution in [0.25, 0.3) is 0 Å². The van der Waals surface area contributed by atoms with Gasteiger partial charge < -0.3 is 5.32 Å². The van der Waals surface area contributed by atoms with E-state index >= 15 is 0 Å². The second-order valence-corrected chi connectivity index (χ2v) is 5.97. The number of hydrogen-bond acceptors (Lipinski definition) is 3. The Hall–Kier alpha value is -1.42. The number of rotatable bonds is 6. The molecule has 1 N–H and O–H groups in total. The van der Waals surface area contributed by atoms with Gasteiger partial charge in [0, 0.05) is 24.0 Å². The van der Waals surface area contributed by atoms with Gasteiger partial charge in [0.05, 0.1) is 6.54 Å². The van der Waals surface area contributed by atoms with Crippen LogP contribution in [0.3, 0.4) is 0 Å². The van der Waals surface area contributed by atoms with Gasteiger partial charge in [0.1, 0.15) is 0 Å². The summed E-state index contributed by atoms with van der Waals surface area (Å²) in [6.45, 7) is 1.63. The van der Waals surface area contributed by atoms with Crippen molar-refractivity contribution in [3.63, 3.8) is 0 Å². The summed E-state index contributed by atoms with van der Waals surface area (Å²) in [6, 6.07) is 7.09. The van der Waals surface area contributed by atoms with Crippen LogP contribution in [0.15, 0.2) is 24.4 Å². The highest BCUT2D eigenvalue weighted by atomic mass is 16.2. The minimum Gasteiger partial charge on any atom is -0.352 e. The van der Waals surface area contributed by atoms with Crippen molar-refractivity contribution in [3.05, 3.63) is 30.1 Å². The molecule has 0 unspecified atom stereocenters. The number of nitrogens with one attached hydrogen (secondary N) is 1. The van der Waals surface area contributed by atoms with Crippen LogP contribution in [0, 0.1) is 0 Å². The van der Waals surface area contributed by atoms with Crippen LogP contribution in [0.1, 0.15) is 37.8 Å². The van der Waals surface area contributed by atoms with Crippen molar-refractivity contribution >= 4 is 5.91 Å². The van der Waals surface area contributed by atoms with Gasteiger partial charge in [-0.25, -0.2) is 0 Å². The summed E-state index contributed by atoms with van der Waals surface area (Å²) in [5.41, 5.74) is 1.15. The third-order valence-electron chi connectivity index (χ3n) is 4.25. The molecule has 1 saturated carbocycles. The molecule has 0 aromatic carbocycles. The second kappa shape index (κ2) is 6.35. The first-order valence-corrected chi connectivity index (χ1v) is 7.74. The van der Waals surface area contributed by atoms with E-state index in [4.69, 9.17) is 0 Å². The fourth-order valence-corrected chi connectivity index (χ4v) is 2.98. The molecule has 0 bridgehead atoms. The number of hydrogen-bond donors (Lipinski definition) is 1. The highest BCUT2D eigenvalue weighted by Crippen LogP contribution is 2.22. The number of aryl methyl sites for hydroxylation is 1. The number of likely N-dealkylation sites (tertiary alicyclic amines) is 1. The molecule has 4 heteroatoms. The maximum absolute atomic E-state index is 11.9. The maximum atomic E-state index is 11.9. The van der Waals surface area contributed by atoms with E-state index in [1.165, 1.54) is 12.8 Å². The molecule has 3 rings (SSSR count). The molecular weight excluding hydrogens is 250 g/mol. The zero-order valence-electron chi connectivity index (χ0n) is 11.9. The zero-order chi connectivity index (χ0) is 13.8. The maximum Gasteiger partial charge on any atom is 0.234 e. The van der Waals surface area contributed by atoms with Crippen molar-refractivity contribution in [1.82, 2.24) is 15.2 Å². The number of amides is 1. The first kappa shape index (κ1) is 13.6. The van der Waals surface area contributed by atoms with Gasteiger partial charge in [0.2, 0.25) is 5.91 Å². The summed E-state index contributed by atoms with van der Waals surface area (Å²) in [6.07, 6.45) is 8.71. The fraction of sp³-hybridized carbons (Fsp3) is 0.625. The fourth-order valence-electron chi connectivity index (χ4n) is 2.98. The Balaban J connectivity index is 1.46. The summed E-state index contributed by atoms with van der Waals surface area (Å²) in [5.74, 6) is 0.206. The van der Waals surface area contributed by atoms with Crippen LogP contribution in [-0.2, 0) is 11.2 Å². The molecule has 2 heterocycles. The SMILES string of the molecule is O=C(CN1CCC[C@H]1CCc1ccccn1)NC1CC1. The van der Waals surface area contributed by atoms with Crippen LogP contribution in [0.4, 0.5) is 0 Å². The van der Waals surface area contributed by atoms with Crippen LogP contribution < -0.4 is 5.32 Å². The summed E-state index contributed by atoms with van der Waals surface area (Å²) in [7, 11) is 0. The van der Waals surface area contributed by atoms with Crippen LogP contribution in [0.5, 0.6) is 0 Å². The van der Waals surface area contributed by atoms with Gasteiger partial charge >= 0.3 is 0 Å². The molecule has 1 aliphatic carbocycles. The number of carbonyl (C=O) groups excluding carboxylic acids is 1. The van der Waals surface area contributed by atoms with Crippen molar-refractivity contribution in [1.29, 1.82) is 0 Å². The average Bonchev–Trinajstić information content (AvgIpc) is 3.16. The normalized spacial score (nSPS) is 22.9. The second-order valence-electron chi connectivity index (χ2n) is 5.97. The lowest BCUT2D eigenvalue weighted by molar-refractivity contribution is -0.122. The van der Waals surface area contributed by atoms with E-state index in [9.17, 15) is 4.79 Å². The molecule has 1 aromatic heterocycles. The predicted octanol–water partition coefficient (Wildman–Crippen LogP) is 1.76. The smallest absolute Gasteiger partial charge is 0.234 e. The van der Waals surface area contributed by atoms with Crippen molar-refractivity contribution < 1.29 is 4.79 Å². The summed E-state index contributed by atoms with van der Waals surface area (Å²) >= 11 is 0. The zero-order valence-corrected chi connectivity index (χ0v) is 11.9. The van der Waals surface area contributed by atoms with Gasteiger partial charge in [-0.15, -0.1) is 0 Å². The minimum absolute atomic E-state index is 0.206. The lowest BCUT2D eigenvalue weighted by Gasteiger charge is -2.23. The highest BCUT2D eigenvalue weighted by molar-refractivity contribution is 5.78. The highest BCUT2D eigenvalue weighted by Gasteiger charge is 2.28. The van der Waals surface area contributed by atoms with Gasteiger partial charge in [-0.1, -0.05) is 6.07 Å². The Bertz CT molecular complexity index is 444. The third kappa shape index (κ3) is 3.79. The predicted molar refractivity (Wildman–Crippen MR) is 78.3 cm³/mol. The minimum atomic E-state index is 0.206. The molecule has 108 valence electrons. The Labute approximate surface area is 120 Å². The Morgan fingerprint density at radius 1 is 1.35 bits per heavy atom. The van der Waals surface area contributed by atoms with Gasteiger partial charge in [0.15, 0.2) is 0 Å². The lowest BCUT2D eigenvalue weighted by Crippen LogP contribution is -2.40. The van der Waals surface area contributed by atoms with Gasteiger partial charge in [-0.05, 0) is 57.2 Å². The average molecular weight is 273 g/mol. The molecule has 0 radical (unpaired) electrons. The summed E-state index contributed by atoms with van der Waals surface area (Å²) in [4.78, 5) is 18.6.